The van der Waals surface area contributed by atoms with Gasteiger partial charge in [0.25, 0.3) is 0 Å². The van der Waals surface area contributed by atoms with Gasteiger partial charge in [0.05, 0.1) is 11.9 Å². The van der Waals surface area contributed by atoms with Gasteiger partial charge in [0.1, 0.15) is 12.3 Å². The number of carbonyl (C=O) groups excluding carboxylic acids is 1. The van der Waals surface area contributed by atoms with E-state index in [1.54, 1.807) is 12.1 Å². The van der Waals surface area contributed by atoms with Gasteiger partial charge in [-0.05, 0) is 31.5 Å². The van der Waals surface area contributed by atoms with Crippen LogP contribution in [0.3, 0.4) is 0 Å². The number of anilines is 1. The lowest BCUT2D eigenvalue weighted by atomic mass is 10.1. The maximum atomic E-state index is 11.8. The highest BCUT2D eigenvalue weighted by atomic mass is 16.5. The fourth-order valence-corrected chi connectivity index (χ4v) is 1.90. The number of hydrogen-bond acceptors (Lipinski definition) is 4. The smallest absolute Gasteiger partial charge is 0.357 e. The second-order valence-electron chi connectivity index (χ2n) is 4.55. The van der Waals surface area contributed by atoms with Crippen LogP contribution in [0.5, 0.6) is 0 Å². The predicted molar refractivity (Wildman–Crippen MR) is 73.7 cm³/mol. The molecule has 0 unspecified atom stereocenters. The quantitative estimate of drug-likeness (QED) is 0.857. The first kappa shape index (κ1) is 13.1. The van der Waals surface area contributed by atoms with Crippen molar-refractivity contribution in [3.05, 3.63) is 58.9 Å². The second kappa shape index (κ2) is 5.52. The number of hydrogen-bond donors (Lipinski definition) is 1. The molecule has 4 heteroatoms. The van der Waals surface area contributed by atoms with Crippen molar-refractivity contribution in [3.63, 3.8) is 0 Å². The molecule has 0 amide bonds. The maximum Gasteiger partial charge on any atom is 0.357 e. The molecule has 0 atom stereocenters. The Bertz CT molecular complexity index is 571. The first-order chi connectivity index (χ1) is 9.04. The van der Waals surface area contributed by atoms with Crippen LogP contribution in [0.15, 0.2) is 36.5 Å². The molecule has 0 spiro atoms. The van der Waals surface area contributed by atoms with E-state index >= 15 is 0 Å². The highest BCUT2D eigenvalue weighted by molar-refractivity contribution is 5.87. The molecular formula is C15H16N2O2. The summed E-state index contributed by atoms with van der Waals surface area (Å²) >= 11 is 0. The van der Waals surface area contributed by atoms with Gasteiger partial charge in [-0.2, -0.15) is 0 Å². The monoisotopic (exact) mass is 256 g/mol. The van der Waals surface area contributed by atoms with E-state index in [4.69, 9.17) is 10.5 Å². The van der Waals surface area contributed by atoms with Crippen LogP contribution in [0, 0.1) is 13.8 Å². The number of nitrogen functional groups attached to an aromatic ring is 1. The fraction of sp³-hybridized carbons (Fsp3) is 0.200. The van der Waals surface area contributed by atoms with Crippen LogP contribution in [0.2, 0.25) is 0 Å². The van der Waals surface area contributed by atoms with Gasteiger partial charge in [-0.25, -0.2) is 9.78 Å². The summed E-state index contributed by atoms with van der Waals surface area (Å²) in [4.78, 5) is 15.7. The SMILES string of the molecule is Cc1cc(C)cc(COC(=O)c2ccc(N)cn2)c1. The average Bonchev–Trinajstić information content (AvgIpc) is 2.36. The van der Waals surface area contributed by atoms with Gasteiger partial charge in [-0.3, -0.25) is 0 Å². The van der Waals surface area contributed by atoms with Crippen molar-refractivity contribution in [2.75, 3.05) is 5.73 Å². The van der Waals surface area contributed by atoms with Crippen molar-refractivity contribution in [2.24, 2.45) is 0 Å². The first-order valence-electron chi connectivity index (χ1n) is 6.00. The Hall–Kier alpha value is -2.36. The number of aromatic nitrogens is 1. The minimum absolute atomic E-state index is 0.243. The number of nitrogens with zero attached hydrogens (tertiary/aromatic N) is 1. The Morgan fingerprint density at radius 2 is 1.89 bits per heavy atom. The number of pyridine rings is 1. The summed E-state index contributed by atoms with van der Waals surface area (Å²) in [6.45, 7) is 4.27. The van der Waals surface area contributed by atoms with Gasteiger partial charge in [0.15, 0.2) is 0 Å². The molecule has 98 valence electrons. The van der Waals surface area contributed by atoms with E-state index in [9.17, 15) is 4.79 Å². The zero-order valence-corrected chi connectivity index (χ0v) is 11.0. The minimum atomic E-state index is -0.445. The standard InChI is InChI=1S/C15H16N2O2/c1-10-5-11(2)7-12(6-10)9-19-15(18)14-4-3-13(16)8-17-14/h3-8H,9,16H2,1-2H3. The zero-order chi connectivity index (χ0) is 13.8. The molecule has 1 aromatic heterocycles. The molecule has 0 saturated heterocycles. The summed E-state index contributed by atoms with van der Waals surface area (Å²) in [7, 11) is 0. The molecule has 4 nitrogen and oxygen atoms in total. The van der Waals surface area contributed by atoms with Gasteiger partial charge in [0.2, 0.25) is 0 Å². The third kappa shape index (κ3) is 3.55. The number of aryl methyl sites for hydroxylation is 2. The van der Waals surface area contributed by atoms with Gasteiger partial charge in [0, 0.05) is 0 Å². The molecule has 2 N–H and O–H groups in total. The topological polar surface area (TPSA) is 65.2 Å². The summed E-state index contributed by atoms with van der Waals surface area (Å²) in [6, 6.07) is 9.25. The van der Waals surface area contributed by atoms with Gasteiger partial charge in [-0.15, -0.1) is 0 Å². The lowest BCUT2D eigenvalue weighted by Gasteiger charge is -2.06. The Labute approximate surface area is 112 Å². The Kier molecular flexibility index (Phi) is 3.80. The minimum Gasteiger partial charge on any atom is -0.456 e. The maximum absolute atomic E-state index is 11.8. The lowest BCUT2D eigenvalue weighted by molar-refractivity contribution is 0.0465. The van der Waals surface area contributed by atoms with E-state index in [-0.39, 0.29) is 12.3 Å². The van der Waals surface area contributed by atoms with Gasteiger partial charge >= 0.3 is 5.97 Å². The van der Waals surface area contributed by atoms with Crippen molar-refractivity contribution in [3.8, 4) is 0 Å². The molecule has 0 radical (unpaired) electrons. The predicted octanol–water partition coefficient (Wildman–Crippen LogP) is 2.64. The number of nitrogens with two attached hydrogens (primary N) is 1. The van der Waals surface area contributed by atoms with Crippen molar-refractivity contribution >= 4 is 11.7 Å². The van der Waals surface area contributed by atoms with E-state index in [1.165, 1.54) is 6.20 Å². The third-order valence-electron chi connectivity index (χ3n) is 2.65. The molecule has 1 heterocycles. The summed E-state index contributed by atoms with van der Waals surface area (Å²) in [5, 5.41) is 0. The lowest BCUT2D eigenvalue weighted by Crippen LogP contribution is -2.07. The molecule has 19 heavy (non-hydrogen) atoms. The van der Waals surface area contributed by atoms with E-state index in [1.807, 2.05) is 26.0 Å². The second-order valence-corrected chi connectivity index (χ2v) is 4.55. The summed E-state index contributed by atoms with van der Waals surface area (Å²) in [6.07, 6.45) is 1.44. The molecule has 0 saturated carbocycles. The number of carbonyl (C=O) groups is 1. The molecule has 2 aromatic rings. The van der Waals surface area contributed by atoms with E-state index in [0.717, 1.165) is 16.7 Å². The molecule has 0 aliphatic rings. The molecule has 0 fully saturated rings. The van der Waals surface area contributed by atoms with Crippen LogP contribution < -0.4 is 5.73 Å². The van der Waals surface area contributed by atoms with Crippen LogP contribution in [-0.2, 0) is 11.3 Å². The normalized spacial score (nSPS) is 10.2. The Morgan fingerprint density at radius 1 is 1.21 bits per heavy atom. The number of benzene rings is 1. The Balaban J connectivity index is 2.02. The molecule has 0 aliphatic heterocycles. The van der Waals surface area contributed by atoms with Gasteiger partial charge in [-0.1, -0.05) is 29.3 Å². The molecular weight excluding hydrogens is 240 g/mol. The number of rotatable bonds is 3. The fourth-order valence-electron chi connectivity index (χ4n) is 1.90. The van der Waals surface area contributed by atoms with Crippen LogP contribution in [0.1, 0.15) is 27.2 Å². The van der Waals surface area contributed by atoms with Crippen molar-refractivity contribution < 1.29 is 9.53 Å². The number of ether oxygens (including phenoxy) is 1. The highest BCUT2D eigenvalue weighted by Crippen LogP contribution is 2.11. The molecule has 1 aromatic carbocycles. The summed E-state index contributed by atoms with van der Waals surface area (Å²) in [5.74, 6) is -0.445. The first-order valence-corrected chi connectivity index (χ1v) is 6.00. The molecule has 0 bridgehead atoms. The van der Waals surface area contributed by atoms with E-state index in [2.05, 4.69) is 11.1 Å². The van der Waals surface area contributed by atoms with Crippen molar-refractivity contribution in [1.82, 2.24) is 4.98 Å². The number of esters is 1. The summed E-state index contributed by atoms with van der Waals surface area (Å²) < 4.78 is 5.22. The molecule has 0 aliphatic carbocycles. The van der Waals surface area contributed by atoms with Crippen molar-refractivity contribution in [2.45, 2.75) is 20.5 Å². The van der Waals surface area contributed by atoms with Crippen LogP contribution in [-0.4, -0.2) is 11.0 Å². The van der Waals surface area contributed by atoms with Crippen LogP contribution in [0.4, 0.5) is 5.69 Å². The van der Waals surface area contributed by atoms with E-state index < -0.39 is 5.97 Å². The Morgan fingerprint density at radius 3 is 2.47 bits per heavy atom. The van der Waals surface area contributed by atoms with Gasteiger partial charge < -0.3 is 10.5 Å². The summed E-state index contributed by atoms with van der Waals surface area (Å²) in [5.41, 5.74) is 9.57. The third-order valence-corrected chi connectivity index (χ3v) is 2.65. The average molecular weight is 256 g/mol. The molecule has 2 rings (SSSR count). The largest absolute Gasteiger partial charge is 0.456 e. The zero-order valence-electron chi connectivity index (χ0n) is 11.0. The van der Waals surface area contributed by atoms with Crippen molar-refractivity contribution in [1.29, 1.82) is 0 Å². The van der Waals surface area contributed by atoms with E-state index in [0.29, 0.717) is 5.69 Å². The van der Waals surface area contributed by atoms with Crippen LogP contribution in [0.25, 0.3) is 0 Å². The highest BCUT2D eigenvalue weighted by Gasteiger charge is 2.08. The van der Waals surface area contributed by atoms with Crippen LogP contribution >= 0.6 is 0 Å².